The van der Waals surface area contributed by atoms with Crippen molar-refractivity contribution < 1.29 is 0 Å². The third-order valence-corrected chi connectivity index (χ3v) is 3.57. The van der Waals surface area contributed by atoms with Crippen LogP contribution in [-0.2, 0) is 6.42 Å². The van der Waals surface area contributed by atoms with Gasteiger partial charge in [-0.05, 0) is 49.8 Å². The molecular formula is C14H23N3. The van der Waals surface area contributed by atoms with Crippen molar-refractivity contribution in [3.8, 4) is 0 Å². The van der Waals surface area contributed by atoms with Crippen molar-refractivity contribution in [1.29, 1.82) is 0 Å². The molecule has 17 heavy (non-hydrogen) atoms. The molecule has 1 aliphatic heterocycles. The SMILES string of the molecule is CC(C)c1cnc(CCC2CCCNC2)nc1. The maximum absolute atomic E-state index is 4.45. The number of nitrogens with zero attached hydrogens (tertiary/aromatic N) is 2. The zero-order valence-corrected chi connectivity index (χ0v) is 10.9. The maximum Gasteiger partial charge on any atom is 0.128 e. The van der Waals surface area contributed by atoms with Gasteiger partial charge in [0, 0.05) is 18.8 Å². The summed E-state index contributed by atoms with van der Waals surface area (Å²) < 4.78 is 0. The highest BCUT2D eigenvalue weighted by atomic mass is 14.9. The number of aryl methyl sites for hydroxylation is 1. The van der Waals surface area contributed by atoms with Gasteiger partial charge in [-0.1, -0.05) is 13.8 Å². The van der Waals surface area contributed by atoms with E-state index in [2.05, 4.69) is 29.1 Å². The molecule has 2 heterocycles. The molecule has 0 spiro atoms. The summed E-state index contributed by atoms with van der Waals surface area (Å²) in [7, 11) is 0. The molecule has 1 aliphatic rings. The predicted octanol–water partition coefficient (Wildman–Crippen LogP) is 2.53. The van der Waals surface area contributed by atoms with E-state index < -0.39 is 0 Å². The Bertz CT molecular complexity index is 326. The average Bonchev–Trinajstić information content (AvgIpc) is 2.38. The van der Waals surface area contributed by atoms with Crippen LogP contribution in [0.5, 0.6) is 0 Å². The van der Waals surface area contributed by atoms with Gasteiger partial charge in [-0.15, -0.1) is 0 Å². The van der Waals surface area contributed by atoms with Crippen LogP contribution in [0.25, 0.3) is 0 Å². The standard InChI is InChI=1S/C14H23N3/c1-11(2)13-9-16-14(17-10-13)6-5-12-4-3-7-15-8-12/h9-12,15H,3-8H2,1-2H3. The Morgan fingerprint density at radius 2 is 2.12 bits per heavy atom. The van der Waals surface area contributed by atoms with Crippen molar-refractivity contribution >= 4 is 0 Å². The Balaban J connectivity index is 1.82. The third-order valence-electron chi connectivity index (χ3n) is 3.57. The second kappa shape index (κ2) is 6.10. The molecule has 2 rings (SSSR count). The van der Waals surface area contributed by atoms with Crippen LogP contribution in [0, 0.1) is 5.92 Å². The van der Waals surface area contributed by atoms with Crippen LogP contribution in [0.15, 0.2) is 12.4 Å². The first kappa shape index (κ1) is 12.5. The van der Waals surface area contributed by atoms with Gasteiger partial charge in [0.2, 0.25) is 0 Å². The second-order valence-electron chi connectivity index (χ2n) is 5.34. The van der Waals surface area contributed by atoms with Gasteiger partial charge in [-0.3, -0.25) is 0 Å². The zero-order chi connectivity index (χ0) is 12.1. The first-order valence-electron chi connectivity index (χ1n) is 6.77. The van der Waals surface area contributed by atoms with Crippen LogP contribution in [-0.4, -0.2) is 23.1 Å². The summed E-state index contributed by atoms with van der Waals surface area (Å²) in [5.74, 6) is 2.34. The first-order chi connectivity index (χ1) is 8.25. The van der Waals surface area contributed by atoms with Crippen molar-refractivity contribution in [3.05, 3.63) is 23.8 Å². The van der Waals surface area contributed by atoms with E-state index in [0.29, 0.717) is 5.92 Å². The molecular weight excluding hydrogens is 210 g/mol. The second-order valence-corrected chi connectivity index (χ2v) is 5.34. The van der Waals surface area contributed by atoms with Gasteiger partial charge >= 0.3 is 0 Å². The first-order valence-corrected chi connectivity index (χ1v) is 6.77. The van der Waals surface area contributed by atoms with Gasteiger partial charge in [-0.2, -0.15) is 0 Å². The van der Waals surface area contributed by atoms with Gasteiger partial charge in [0.1, 0.15) is 5.82 Å². The molecule has 3 heteroatoms. The highest BCUT2D eigenvalue weighted by Crippen LogP contribution is 2.16. The molecule has 0 bridgehead atoms. The lowest BCUT2D eigenvalue weighted by atomic mass is 9.94. The van der Waals surface area contributed by atoms with Gasteiger partial charge in [-0.25, -0.2) is 9.97 Å². The Morgan fingerprint density at radius 1 is 1.35 bits per heavy atom. The lowest BCUT2D eigenvalue weighted by Crippen LogP contribution is -2.30. The maximum atomic E-state index is 4.45. The van der Waals surface area contributed by atoms with E-state index in [-0.39, 0.29) is 0 Å². The molecule has 1 atom stereocenters. The fraction of sp³-hybridized carbons (Fsp3) is 0.714. The minimum atomic E-state index is 0.520. The highest BCUT2D eigenvalue weighted by Gasteiger charge is 2.13. The van der Waals surface area contributed by atoms with E-state index in [1.165, 1.54) is 37.9 Å². The molecule has 0 radical (unpaired) electrons. The minimum Gasteiger partial charge on any atom is -0.316 e. The lowest BCUT2D eigenvalue weighted by molar-refractivity contribution is 0.356. The number of hydrogen-bond donors (Lipinski definition) is 1. The molecule has 1 fully saturated rings. The molecule has 1 saturated heterocycles. The topological polar surface area (TPSA) is 37.8 Å². The predicted molar refractivity (Wildman–Crippen MR) is 70.0 cm³/mol. The largest absolute Gasteiger partial charge is 0.316 e. The zero-order valence-electron chi connectivity index (χ0n) is 10.9. The molecule has 1 aromatic heterocycles. The van der Waals surface area contributed by atoms with Crippen molar-refractivity contribution in [2.75, 3.05) is 13.1 Å². The summed E-state index contributed by atoms with van der Waals surface area (Å²) in [4.78, 5) is 8.91. The Labute approximate surface area is 104 Å². The van der Waals surface area contributed by atoms with E-state index in [9.17, 15) is 0 Å². The summed E-state index contributed by atoms with van der Waals surface area (Å²) >= 11 is 0. The summed E-state index contributed by atoms with van der Waals surface area (Å²) in [6, 6.07) is 0. The fourth-order valence-electron chi connectivity index (χ4n) is 2.30. The number of hydrogen-bond acceptors (Lipinski definition) is 3. The van der Waals surface area contributed by atoms with Crippen molar-refractivity contribution in [1.82, 2.24) is 15.3 Å². The van der Waals surface area contributed by atoms with E-state index >= 15 is 0 Å². The van der Waals surface area contributed by atoms with Gasteiger partial charge in [0.25, 0.3) is 0 Å². The molecule has 0 amide bonds. The average molecular weight is 233 g/mol. The highest BCUT2D eigenvalue weighted by molar-refractivity contribution is 5.09. The quantitative estimate of drug-likeness (QED) is 0.868. The Morgan fingerprint density at radius 3 is 2.71 bits per heavy atom. The number of piperidine rings is 1. The molecule has 3 nitrogen and oxygen atoms in total. The molecule has 1 unspecified atom stereocenters. The van der Waals surface area contributed by atoms with Crippen LogP contribution in [0.2, 0.25) is 0 Å². The number of nitrogens with one attached hydrogen (secondary N) is 1. The van der Waals surface area contributed by atoms with Crippen LogP contribution < -0.4 is 5.32 Å². The normalized spacial score (nSPS) is 20.8. The smallest absolute Gasteiger partial charge is 0.128 e. The molecule has 0 aromatic carbocycles. The van der Waals surface area contributed by atoms with Crippen molar-refractivity contribution in [3.63, 3.8) is 0 Å². The summed E-state index contributed by atoms with van der Waals surface area (Å²) in [6.07, 6.45) is 8.87. The van der Waals surface area contributed by atoms with E-state index in [1.807, 2.05) is 12.4 Å². The molecule has 0 aliphatic carbocycles. The summed E-state index contributed by atoms with van der Waals surface area (Å²) in [6.45, 7) is 6.71. The molecule has 94 valence electrons. The number of aromatic nitrogens is 2. The van der Waals surface area contributed by atoms with E-state index in [0.717, 1.165) is 18.2 Å². The third kappa shape index (κ3) is 3.77. The fourth-order valence-corrected chi connectivity index (χ4v) is 2.30. The van der Waals surface area contributed by atoms with Gasteiger partial charge < -0.3 is 5.32 Å². The minimum absolute atomic E-state index is 0.520. The lowest BCUT2D eigenvalue weighted by Gasteiger charge is -2.22. The van der Waals surface area contributed by atoms with Crippen LogP contribution >= 0.6 is 0 Å². The van der Waals surface area contributed by atoms with Gasteiger partial charge in [0.05, 0.1) is 0 Å². The number of rotatable bonds is 4. The van der Waals surface area contributed by atoms with Crippen LogP contribution in [0.3, 0.4) is 0 Å². The van der Waals surface area contributed by atoms with Crippen molar-refractivity contribution in [2.24, 2.45) is 5.92 Å². The van der Waals surface area contributed by atoms with E-state index in [4.69, 9.17) is 0 Å². The monoisotopic (exact) mass is 233 g/mol. The molecule has 0 saturated carbocycles. The Hall–Kier alpha value is -0.960. The molecule has 1 aromatic rings. The van der Waals surface area contributed by atoms with Crippen molar-refractivity contribution in [2.45, 2.75) is 45.4 Å². The Kier molecular flexibility index (Phi) is 4.49. The van der Waals surface area contributed by atoms with Crippen LogP contribution in [0.4, 0.5) is 0 Å². The summed E-state index contributed by atoms with van der Waals surface area (Å²) in [5.41, 5.74) is 1.23. The van der Waals surface area contributed by atoms with Crippen LogP contribution in [0.1, 0.15) is 50.4 Å². The van der Waals surface area contributed by atoms with E-state index in [1.54, 1.807) is 0 Å². The van der Waals surface area contributed by atoms with Gasteiger partial charge in [0.15, 0.2) is 0 Å². The molecule has 1 N–H and O–H groups in total. The summed E-state index contributed by atoms with van der Waals surface area (Å²) in [5, 5.41) is 3.45.